The molecule has 20 heavy (non-hydrogen) atoms. The monoisotopic (exact) mass is 292 g/mol. The van der Waals surface area contributed by atoms with Crippen molar-refractivity contribution >= 4 is 21.6 Å². The zero-order valence-corrected chi connectivity index (χ0v) is 12.7. The molecule has 1 aliphatic rings. The molecular formula is C15H20N2O2S. The second-order valence-corrected chi connectivity index (χ2v) is 7.04. The summed E-state index contributed by atoms with van der Waals surface area (Å²) >= 11 is 1.74. The number of thiazole rings is 1. The Labute approximate surface area is 123 Å². The first-order valence-electron chi connectivity index (χ1n) is 6.91. The Morgan fingerprint density at radius 3 is 3.00 bits per heavy atom. The molecule has 4 nitrogen and oxygen atoms in total. The molecule has 1 atom stereocenters. The smallest absolute Gasteiger partial charge is 0.108 e. The number of ether oxygens (including phenoxy) is 1. The van der Waals surface area contributed by atoms with E-state index < -0.39 is 0 Å². The van der Waals surface area contributed by atoms with Crippen molar-refractivity contribution in [1.82, 2.24) is 9.88 Å². The molecule has 0 radical (unpaired) electrons. The Hall–Kier alpha value is -1.01. The minimum absolute atomic E-state index is 0.0692. The van der Waals surface area contributed by atoms with Crippen molar-refractivity contribution in [3.8, 4) is 0 Å². The van der Waals surface area contributed by atoms with Crippen molar-refractivity contribution in [2.75, 3.05) is 19.7 Å². The molecule has 5 heteroatoms. The van der Waals surface area contributed by atoms with Crippen LogP contribution in [0.1, 0.15) is 18.9 Å². The van der Waals surface area contributed by atoms with Gasteiger partial charge in [0.1, 0.15) is 5.01 Å². The summed E-state index contributed by atoms with van der Waals surface area (Å²) in [5, 5.41) is 10.5. The van der Waals surface area contributed by atoms with Crippen LogP contribution in [0, 0.1) is 0 Å². The summed E-state index contributed by atoms with van der Waals surface area (Å²) in [6, 6.07) is 8.22. The topological polar surface area (TPSA) is 45.6 Å². The number of hydrogen-bond donors (Lipinski definition) is 1. The second-order valence-electron chi connectivity index (χ2n) is 5.93. The molecule has 0 spiro atoms. The molecule has 1 aromatic carbocycles. The highest BCUT2D eigenvalue weighted by molar-refractivity contribution is 7.18. The van der Waals surface area contributed by atoms with Gasteiger partial charge in [0.2, 0.25) is 0 Å². The number of aliphatic hydroxyl groups is 1. The van der Waals surface area contributed by atoms with Crippen molar-refractivity contribution in [3.05, 3.63) is 29.3 Å². The summed E-state index contributed by atoms with van der Waals surface area (Å²) in [7, 11) is 0. The maximum absolute atomic E-state index is 9.36. The van der Waals surface area contributed by atoms with Gasteiger partial charge in [0.05, 0.1) is 35.1 Å². The summed E-state index contributed by atoms with van der Waals surface area (Å²) in [4.78, 5) is 7.00. The van der Waals surface area contributed by atoms with Crippen LogP contribution in [0.5, 0.6) is 0 Å². The van der Waals surface area contributed by atoms with Crippen molar-refractivity contribution in [1.29, 1.82) is 0 Å². The van der Waals surface area contributed by atoms with Crippen LogP contribution >= 0.6 is 11.3 Å². The van der Waals surface area contributed by atoms with Crippen molar-refractivity contribution in [2.24, 2.45) is 0 Å². The van der Waals surface area contributed by atoms with Gasteiger partial charge in [-0.1, -0.05) is 12.1 Å². The lowest BCUT2D eigenvalue weighted by Crippen LogP contribution is -2.53. The average Bonchev–Trinajstić information content (AvgIpc) is 2.78. The molecule has 0 saturated carbocycles. The quantitative estimate of drug-likeness (QED) is 0.942. The fraction of sp³-hybridized carbons (Fsp3) is 0.533. The summed E-state index contributed by atoms with van der Waals surface area (Å²) in [6.07, 6.45) is -0.104. The van der Waals surface area contributed by atoms with E-state index >= 15 is 0 Å². The van der Waals surface area contributed by atoms with E-state index in [9.17, 15) is 5.11 Å². The zero-order chi connectivity index (χ0) is 14.2. The van der Waals surface area contributed by atoms with E-state index in [1.165, 1.54) is 4.70 Å². The lowest BCUT2D eigenvalue weighted by atomic mass is 10.1. The molecule has 0 bridgehead atoms. The third-order valence-electron chi connectivity index (χ3n) is 3.45. The van der Waals surface area contributed by atoms with E-state index in [4.69, 9.17) is 4.74 Å². The van der Waals surface area contributed by atoms with Gasteiger partial charge in [-0.15, -0.1) is 11.3 Å². The fourth-order valence-electron chi connectivity index (χ4n) is 2.81. The van der Waals surface area contributed by atoms with Gasteiger partial charge >= 0.3 is 0 Å². The Morgan fingerprint density at radius 2 is 2.25 bits per heavy atom. The van der Waals surface area contributed by atoms with Crippen LogP contribution in [0.3, 0.4) is 0 Å². The highest BCUT2D eigenvalue weighted by Gasteiger charge is 2.33. The van der Waals surface area contributed by atoms with Crippen LogP contribution < -0.4 is 0 Å². The molecule has 108 valence electrons. The molecule has 2 heterocycles. The predicted molar refractivity (Wildman–Crippen MR) is 80.9 cm³/mol. The molecule has 1 aromatic heterocycles. The molecule has 1 N–H and O–H groups in total. The third kappa shape index (κ3) is 3.01. The van der Waals surface area contributed by atoms with Crippen molar-refractivity contribution < 1.29 is 9.84 Å². The SMILES string of the molecule is CC1(C)CN(Cc2nc3ccccc3s2)CC(CO)O1. The number of rotatable bonds is 3. The Morgan fingerprint density at radius 1 is 1.45 bits per heavy atom. The molecule has 1 fully saturated rings. The van der Waals surface area contributed by atoms with Crippen molar-refractivity contribution in [2.45, 2.75) is 32.1 Å². The van der Waals surface area contributed by atoms with E-state index in [1.54, 1.807) is 11.3 Å². The fourth-order valence-corrected chi connectivity index (χ4v) is 3.82. The van der Waals surface area contributed by atoms with E-state index in [0.717, 1.165) is 30.2 Å². The summed E-state index contributed by atoms with van der Waals surface area (Å²) in [6.45, 7) is 6.65. The number of para-hydroxylation sites is 1. The number of hydrogen-bond acceptors (Lipinski definition) is 5. The van der Waals surface area contributed by atoms with Gasteiger partial charge in [0.15, 0.2) is 0 Å². The average molecular weight is 292 g/mol. The molecule has 3 rings (SSSR count). The van der Waals surface area contributed by atoms with Gasteiger partial charge in [-0.05, 0) is 26.0 Å². The Balaban J connectivity index is 1.76. The summed E-state index contributed by atoms with van der Waals surface area (Å²) in [5.41, 5.74) is 0.848. The standard InChI is InChI=1S/C15H20N2O2S/c1-15(2)10-17(7-11(9-18)19-15)8-14-16-12-5-3-4-6-13(12)20-14/h3-6,11,18H,7-10H2,1-2H3. The van der Waals surface area contributed by atoms with Crippen molar-refractivity contribution in [3.63, 3.8) is 0 Å². The van der Waals surface area contributed by atoms with Gasteiger partial charge in [-0.3, -0.25) is 4.90 Å². The summed E-state index contributed by atoms with van der Waals surface area (Å²) in [5.74, 6) is 0. The first-order chi connectivity index (χ1) is 9.55. The minimum atomic E-state index is -0.220. The van der Waals surface area contributed by atoms with Gasteiger partial charge in [-0.2, -0.15) is 0 Å². The van der Waals surface area contributed by atoms with E-state index in [2.05, 4.69) is 35.9 Å². The Bertz CT molecular complexity index is 563. The number of aromatic nitrogens is 1. The number of morpholine rings is 1. The molecular weight excluding hydrogens is 272 g/mol. The molecule has 0 aliphatic carbocycles. The maximum atomic E-state index is 9.36. The zero-order valence-electron chi connectivity index (χ0n) is 11.9. The van der Waals surface area contributed by atoms with Gasteiger partial charge in [0.25, 0.3) is 0 Å². The van der Waals surface area contributed by atoms with Gasteiger partial charge in [0, 0.05) is 13.1 Å². The lowest BCUT2D eigenvalue weighted by molar-refractivity contribution is -0.150. The minimum Gasteiger partial charge on any atom is -0.394 e. The molecule has 1 aliphatic heterocycles. The third-order valence-corrected chi connectivity index (χ3v) is 4.47. The number of aliphatic hydroxyl groups excluding tert-OH is 1. The number of benzene rings is 1. The Kier molecular flexibility index (Phi) is 3.77. The molecule has 0 amide bonds. The molecule has 2 aromatic rings. The van der Waals surface area contributed by atoms with Crippen LogP contribution in [0.25, 0.3) is 10.2 Å². The number of fused-ring (bicyclic) bond motifs is 1. The van der Waals surface area contributed by atoms with E-state index in [1.807, 2.05) is 12.1 Å². The van der Waals surface area contributed by atoms with E-state index in [-0.39, 0.29) is 18.3 Å². The van der Waals surface area contributed by atoms with Crippen LogP contribution in [0.2, 0.25) is 0 Å². The largest absolute Gasteiger partial charge is 0.394 e. The van der Waals surface area contributed by atoms with Crippen LogP contribution in [0.15, 0.2) is 24.3 Å². The second kappa shape index (κ2) is 5.41. The predicted octanol–water partition coefficient (Wildman–Crippen LogP) is 2.27. The molecule has 1 saturated heterocycles. The lowest BCUT2D eigenvalue weighted by Gasteiger charge is -2.42. The number of nitrogens with zero attached hydrogens (tertiary/aromatic N) is 2. The maximum Gasteiger partial charge on any atom is 0.108 e. The van der Waals surface area contributed by atoms with E-state index in [0.29, 0.717) is 0 Å². The first-order valence-corrected chi connectivity index (χ1v) is 7.73. The highest BCUT2D eigenvalue weighted by Crippen LogP contribution is 2.26. The van der Waals surface area contributed by atoms with Gasteiger partial charge in [-0.25, -0.2) is 4.98 Å². The highest BCUT2D eigenvalue weighted by atomic mass is 32.1. The summed E-state index contributed by atoms with van der Waals surface area (Å²) < 4.78 is 7.07. The molecule has 1 unspecified atom stereocenters. The van der Waals surface area contributed by atoms with Crippen LogP contribution in [-0.4, -0.2) is 46.4 Å². The first kappa shape index (κ1) is 13.9. The van der Waals surface area contributed by atoms with Crippen LogP contribution in [-0.2, 0) is 11.3 Å². The van der Waals surface area contributed by atoms with Crippen LogP contribution in [0.4, 0.5) is 0 Å². The normalized spacial score (nSPS) is 23.2. The van der Waals surface area contributed by atoms with Gasteiger partial charge < -0.3 is 9.84 Å².